The molecule has 2 N–H and O–H groups in total. The summed E-state index contributed by atoms with van der Waals surface area (Å²) in [4.78, 5) is 12.8. The average molecular weight is 228 g/mol. The maximum absolute atomic E-state index is 10.6. The number of carboxylic acid groups (broad SMARTS) is 1. The Bertz CT molecular complexity index is 231. The Kier molecular flexibility index (Phi) is 5.22. The summed E-state index contributed by atoms with van der Waals surface area (Å²) in [5.41, 5.74) is 0. The van der Waals surface area contributed by atoms with Gasteiger partial charge in [-0.15, -0.1) is 0 Å². The molecule has 94 valence electrons. The van der Waals surface area contributed by atoms with Gasteiger partial charge in [0.2, 0.25) is 0 Å². The highest BCUT2D eigenvalue weighted by atomic mass is 16.4. The number of piperidine rings is 1. The van der Waals surface area contributed by atoms with Crippen LogP contribution in [-0.2, 0) is 4.79 Å². The fourth-order valence-corrected chi connectivity index (χ4v) is 2.36. The normalized spacial score (nSPS) is 27.2. The zero-order valence-corrected chi connectivity index (χ0v) is 10.6. The zero-order chi connectivity index (χ0) is 12.1. The summed E-state index contributed by atoms with van der Waals surface area (Å²) in [7, 11) is 1.99. The molecule has 0 aromatic heterocycles. The Balaban J connectivity index is 2.47. The molecule has 1 fully saturated rings. The topological polar surface area (TPSA) is 52.6 Å². The van der Waals surface area contributed by atoms with E-state index in [2.05, 4.69) is 24.1 Å². The van der Waals surface area contributed by atoms with Crippen molar-refractivity contribution in [3.63, 3.8) is 0 Å². The molecule has 16 heavy (non-hydrogen) atoms. The van der Waals surface area contributed by atoms with E-state index in [0.29, 0.717) is 24.4 Å². The highest BCUT2D eigenvalue weighted by Gasteiger charge is 2.28. The Hall–Kier alpha value is -0.610. The van der Waals surface area contributed by atoms with Gasteiger partial charge in [-0.3, -0.25) is 4.79 Å². The number of hydrogen-bond acceptors (Lipinski definition) is 3. The monoisotopic (exact) mass is 228 g/mol. The summed E-state index contributed by atoms with van der Waals surface area (Å²) < 4.78 is 0. The van der Waals surface area contributed by atoms with Gasteiger partial charge < -0.3 is 15.3 Å². The predicted octanol–water partition coefficient (Wildman–Crippen LogP) is 1.03. The number of nitrogens with zero attached hydrogens (tertiary/aromatic N) is 1. The molecule has 0 aromatic carbocycles. The van der Waals surface area contributed by atoms with Crippen LogP contribution >= 0.6 is 0 Å². The van der Waals surface area contributed by atoms with Crippen molar-refractivity contribution in [2.75, 3.05) is 26.7 Å². The van der Waals surface area contributed by atoms with Crippen LogP contribution in [0.1, 0.15) is 26.7 Å². The summed E-state index contributed by atoms with van der Waals surface area (Å²) in [6.07, 6.45) is 1.46. The molecule has 0 radical (unpaired) electrons. The van der Waals surface area contributed by atoms with Gasteiger partial charge in [0.15, 0.2) is 0 Å². The van der Waals surface area contributed by atoms with Crippen LogP contribution in [0.25, 0.3) is 0 Å². The van der Waals surface area contributed by atoms with Gasteiger partial charge in [-0.05, 0) is 25.3 Å². The predicted molar refractivity (Wildman–Crippen MR) is 64.5 cm³/mol. The van der Waals surface area contributed by atoms with Crippen molar-refractivity contribution in [1.29, 1.82) is 0 Å². The number of nitrogens with one attached hydrogen (secondary N) is 1. The van der Waals surface area contributed by atoms with Gasteiger partial charge in [-0.1, -0.05) is 13.8 Å². The van der Waals surface area contributed by atoms with Crippen LogP contribution in [0.4, 0.5) is 0 Å². The van der Waals surface area contributed by atoms with E-state index in [1.165, 1.54) is 6.42 Å². The Morgan fingerprint density at radius 2 is 2.19 bits per heavy atom. The first kappa shape index (κ1) is 13.5. The van der Waals surface area contributed by atoms with Crippen LogP contribution < -0.4 is 5.32 Å². The molecule has 0 aliphatic carbocycles. The Morgan fingerprint density at radius 1 is 1.50 bits per heavy atom. The molecule has 0 saturated carbocycles. The van der Waals surface area contributed by atoms with Gasteiger partial charge in [0, 0.05) is 25.7 Å². The van der Waals surface area contributed by atoms with Crippen LogP contribution in [0, 0.1) is 11.8 Å². The maximum Gasteiger partial charge on any atom is 0.304 e. The third kappa shape index (κ3) is 4.10. The van der Waals surface area contributed by atoms with Gasteiger partial charge in [0.05, 0.1) is 6.42 Å². The molecule has 1 rings (SSSR count). The highest BCUT2D eigenvalue weighted by molar-refractivity contribution is 5.66. The van der Waals surface area contributed by atoms with Gasteiger partial charge in [-0.2, -0.15) is 0 Å². The molecule has 1 aliphatic heterocycles. The van der Waals surface area contributed by atoms with Crippen molar-refractivity contribution >= 4 is 5.97 Å². The smallest absolute Gasteiger partial charge is 0.304 e. The molecule has 4 heteroatoms. The van der Waals surface area contributed by atoms with E-state index >= 15 is 0 Å². The van der Waals surface area contributed by atoms with E-state index in [4.69, 9.17) is 5.11 Å². The first-order chi connectivity index (χ1) is 7.52. The van der Waals surface area contributed by atoms with Crippen LogP contribution in [-0.4, -0.2) is 48.7 Å². The first-order valence-corrected chi connectivity index (χ1v) is 6.14. The fraction of sp³-hybridized carbons (Fsp3) is 0.917. The summed E-state index contributed by atoms with van der Waals surface area (Å²) in [6.45, 7) is 7.20. The van der Waals surface area contributed by atoms with Crippen LogP contribution in [0.2, 0.25) is 0 Å². The van der Waals surface area contributed by atoms with Gasteiger partial charge in [0.25, 0.3) is 0 Å². The minimum Gasteiger partial charge on any atom is -0.481 e. The summed E-state index contributed by atoms with van der Waals surface area (Å²) >= 11 is 0. The zero-order valence-electron chi connectivity index (χ0n) is 10.6. The molecule has 1 heterocycles. The minimum absolute atomic E-state index is 0.251. The van der Waals surface area contributed by atoms with E-state index in [-0.39, 0.29) is 6.42 Å². The molecule has 2 atom stereocenters. The molecule has 1 saturated heterocycles. The van der Waals surface area contributed by atoms with E-state index in [1.54, 1.807) is 0 Å². The first-order valence-electron chi connectivity index (χ1n) is 6.14. The summed E-state index contributed by atoms with van der Waals surface area (Å²) in [5, 5.41) is 12.0. The lowest BCUT2D eigenvalue weighted by atomic mass is 9.85. The van der Waals surface area contributed by atoms with Crippen LogP contribution in [0.3, 0.4) is 0 Å². The lowest BCUT2D eigenvalue weighted by molar-refractivity contribution is -0.137. The molecule has 2 unspecified atom stereocenters. The molecule has 0 bridgehead atoms. The van der Waals surface area contributed by atoms with Gasteiger partial charge >= 0.3 is 5.97 Å². The van der Waals surface area contributed by atoms with E-state index in [0.717, 1.165) is 13.1 Å². The largest absolute Gasteiger partial charge is 0.481 e. The van der Waals surface area contributed by atoms with Crippen molar-refractivity contribution in [3.8, 4) is 0 Å². The van der Waals surface area contributed by atoms with Gasteiger partial charge in [-0.25, -0.2) is 0 Å². The third-order valence-corrected chi connectivity index (χ3v) is 3.55. The second kappa shape index (κ2) is 6.21. The van der Waals surface area contributed by atoms with Crippen LogP contribution in [0.15, 0.2) is 0 Å². The lowest BCUT2D eigenvalue weighted by Gasteiger charge is -2.39. The van der Waals surface area contributed by atoms with Crippen molar-refractivity contribution in [3.05, 3.63) is 0 Å². The molecular weight excluding hydrogens is 204 g/mol. The average Bonchev–Trinajstić information content (AvgIpc) is 2.25. The molecule has 1 aliphatic rings. The number of likely N-dealkylation sites (N-methyl/N-ethyl adjacent to an activating group) is 1. The summed E-state index contributed by atoms with van der Waals surface area (Å²) in [5.74, 6) is 0.649. The highest BCUT2D eigenvalue weighted by Crippen LogP contribution is 2.23. The third-order valence-electron chi connectivity index (χ3n) is 3.55. The number of likely N-dealkylation sites (tertiary alicyclic amines) is 1. The Morgan fingerprint density at radius 3 is 2.69 bits per heavy atom. The van der Waals surface area contributed by atoms with Crippen molar-refractivity contribution in [2.45, 2.75) is 32.7 Å². The number of rotatable bonds is 5. The molecule has 0 spiro atoms. The maximum atomic E-state index is 10.6. The van der Waals surface area contributed by atoms with E-state index in [1.807, 2.05) is 7.05 Å². The lowest BCUT2D eigenvalue weighted by Crippen LogP contribution is -2.49. The molecular formula is C12H24N2O2. The quantitative estimate of drug-likeness (QED) is 0.738. The number of carboxylic acids is 1. The standard InChI is InChI=1S/C12H24N2O2/c1-9(2)10-6-11(13-3)8-14(7-10)5-4-12(15)16/h9-11,13H,4-8H2,1-3H3,(H,15,16). The number of hydrogen-bond donors (Lipinski definition) is 2. The number of aliphatic carboxylic acids is 1. The fourth-order valence-electron chi connectivity index (χ4n) is 2.36. The van der Waals surface area contributed by atoms with Gasteiger partial charge in [0.1, 0.15) is 0 Å². The number of carbonyl (C=O) groups is 1. The molecule has 0 aromatic rings. The second-order valence-electron chi connectivity index (χ2n) is 5.13. The van der Waals surface area contributed by atoms with E-state index < -0.39 is 5.97 Å². The molecule has 4 nitrogen and oxygen atoms in total. The van der Waals surface area contributed by atoms with Crippen molar-refractivity contribution in [2.24, 2.45) is 11.8 Å². The minimum atomic E-state index is -0.701. The molecule has 0 amide bonds. The van der Waals surface area contributed by atoms with Crippen molar-refractivity contribution in [1.82, 2.24) is 10.2 Å². The SMILES string of the molecule is CNC1CC(C(C)C)CN(CCC(=O)O)C1. The van der Waals surface area contributed by atoms with E-state index in [9.17, 15) is 4.79 Å². The second-order valence-corrected chi connectivity index (χ2v) is 5.13. The summed E-state index contributed by atoms with van der Waals surface area (Å²) in [6, 6.07) is 0.509. The van der Waals surface area contributed by atoms with Crippen LogP contribution in [0.5, 0.6) is 0 Å². The Labute approximate surface area is 98.0 Å². The van der Waals surface area contributed by atoms with Crippen molar-refractivity contribution < 1.29 is 9.90 Å².